The highest BCUT2D eigenvalue weighted by Gasteiger charge is 2.34. The second-order valence-corrected chi connectivity index (χ2v) is 9.50. The predicted molar refractivity (Wildman–Crippen MR) is 102 cm³/mol. The van der Waals surface area contributed by atoms with Gasteiger partial charge in [-0.2, -0.15) is 5.10 Å². The summed E-state index contributed by atoms with van der Waals surface area (Å²) in [6.07, 6.45) is 2.54. The van der Waals surface area contributed by atoms with Gasteiger partial charge in [-0.25, -0.2) is 8.42 Å². The van der Waals surface area contributed by atoms with Gasteiger partial charge in [0.1, 0.15) is 5.69 Å². The summed E-state index contributed by atoms with van der Waals surface area (Å²) >= 11 is 0. The van der Waals surface area contributed by atoms with Gasteiger partial charge in [0.05, 0.1) is 18.1 Å². The average molecular weight is 388 g/mol. The quantitative estimate of drug-likeness (QED) is 0.777. The highest BCUT2D eigenvalue weighted by molar-refractivity contribution is 7.91. The van der Waals surface area contributed by atoms with Gasteiger partial charge >= 0.3 is 0 Å². The van der Waals surface area contributed by atoms with E-state index in [1.165, 1.54) is 0 Å². The second kappa shape index (κ2) is 7.44. The Kier molecular flexibility index (Phi) is 5.01. The van der Waals surface area contributed by atoms with E-state index in [0.717, 1.165) is 18.7 Å². The molecule has 0 spiro atoms. The molecule has 8 heteroatoms. The molecule has 2 aromatic rings. The molecule has 4 rings (SSSR count). The van der Waals surface area contributed by atoms with Crippen LogP contribution in [0.25, 0.3) is 0 Å². The van der Waals surface area contributed by atoms with Gasteiger partial charge in [0, 0.05) is 38.4 Å². The van der Waals surface area contributed by atoms with Gasteiger partial charge in [0.2, 0.25) is 0 Å². The minimum absolute atomic E-state index is 0.0551. The maximum Gasteiger partial charge on any atom is 0.274 e. The van der Waals surface area contributed by atoms with Gasteiger partial charge < -0.3 is 4.90 Å². The molecule has 1 aromatic heterocycles. The highest BCUT2D eigenvalue weighted by Crippen LogP contribution is 2.19. The van der Waals surface area contributed by atoms with Crippen LogP contribution in [0.2, 0.25) is 0 Å². The Morgan fingerprint density at radius 1 is 1.07 bits per heavy atom. The number of benzene rings is 1. The molecule has 1 unspecified atom stereocenters. The number of rotatable bonds is 4. The SMILES string of the molecule is O=C(c1ccn(Cc2ccccc2)n1)N1CCN(C2CCS(=O)(=O)C2)CC1. The Morgan fingerprint density at radius 3 is 2.48 bits per heavy atom. The zero-order valence-corrected chi connectivity index (χ0v) is 16.0. The molecule has 0 N–H and O–H groups in total. The first-order valence-corrected chi connectivity index (χ1v) is 11.1. The van der Waals surface area contributed by atoms with Crippen molar-refractivity contribution in [2.24, 2.45) is 0 Å². The van der Waals surface area contributed by atoms with Crippen LogP contribution in [0.15, 0.2) is 42.6 Å². The molecule has 7 nitrogen and oxygen atoms in total. The minimum atomic E-state index is -2.88. The van der Waals surface area contributed by atoms with E-state index in [9.17, 15) is 13.2 Å². The fourth-order valence-corrected chi connectivity index (χ4v) is 5.61. The van der Waals surface area contributed by atoms with Crippen LogP contribution in [0.5, 0.6) is 0 Å². The molecular formula is C19H24N4O3S. The fraction of sp³-hybridized carbons (Fsp3) is 0.474. The van der Waals surface area contributed by atoms with E-state index in [1.54, 1.807) is 10.7 Å². The molecule has 2 fully saturated rings. The van der Waals surface area contributed by atoms with Crippen molar-refractivity contribution in [1.29, 1.82) is 0 Å². The van der Waals surface area contributed by atoms with E-state index in [1.807, 2.05) is 41.4 Å². The molecule has 0 aliphatic carbocycles. The first kappa shape index (κ1) is 18.2. The van der Waals surface area contributed by atoms with Crippen LogP contribution in [0.1, 0.15) is 22.5 Å². The molecule has 0 saturated carbocycles. The second-order valence-electron chi connectivity index (χ2n) is 7.27. The van der Waals surface area contributed by atoms with E-state index < -0.39 is 9.84 Å². The lowest BCUT2D eigenvalue weighted by Crippen LogP contribution is -2.52. The number of aromatic nitrogens is 2. The summed E-state index contributed by atoms with van der Waals surface area (Å²) in [6, 6.07) is 11.9. The maximum atomic E-state index is 12.7. The van der Waals surface area contributed by atoms with Crippen molar-refractivity contribution in [3.8, 4) is 0 Å². The lowest BCUT2D eigenvalue weighted by molar-refractivity contribution is 0.0581. The van der Waals surface area contributed by atoms with Crippen molar-refractivity contribution in [1.82, 2.24) is 19.6 Å². The van der Waals surface area contributed by atoms with Gasteiger partial charge in [-0.15, -0.1) is 0 Å². The third kappa shape index (κ3) is 4.22. The van der Waals surface area contributed by atoms with Crippen LogP contribution >= 0.6 is 0 Å². The number of sulfone groups is 1. The number of hydrogen-bond acceptors (Lipinski definition) is 5. The normalized spacial score (nSPS) is 22.8. The number of amides is 1. The number of piperazine rings is 1. The molecule has 144 valence electrons. The number of carbonyl (C=O) groups excluding carboxylic acids is 1. The first-order chi connectivity index (χ1) is 13.0. The van der Waals surface area contributed by atoms with Gasteiger partial charge in [0.15, 0.2) is 9.84 Å². The fourth-order valence-electron chi connectivity index (χ4n) is 3.85. The summed E-state index contributed by atoms with van der Waals surface area (Å²) in [4.78, 5) is 16.8. The Labute approximate surface area is 159 Å². The van der Waals surface area contributed by atoms with Gasteiger partial charge in [-0.3, -0.25) is 14.4 Å². The Hall–Kier alpha value is -2.19. The van der Waals surface area contributed by atoms with E-state index in [4.69, 9.17) is 0 Å². The van der Waals surface area contributed by atoms with Crippen LogP contribution in [0.4, 0.5) is 0 Å². The molecule has 1 amide bonds. The molecule has 0 bridgehead atoms. The number of nitrogens with zero attached hydrogens (tertiary/aromatic N) is 4. The summed E-state index contributed by atoms with van der Waals surface area (Å²) in [5.41, 5.74) is 1.60. The molecule has 3 heterocycles. The lowest BCUT2D eigenvalue weighted by atomic mass is 10.2. The van der Waals surface area contributed by atoms with Crippen molar-refractivity contribution < 1.29 is 13.2 Å². The molecular weight excluding hydrogens is 364 g/mol. The molecule has 2 saturated heterocycles. The van der Waals surface area contributed by atoms with Crippen molar-refractivity contribution >= 4 is 15.7 Å². The van der Waals surface area contributed by atoms with Crippen molar-refractivity contribution in [2.45, 2.75) is 19.0 Å². The monoisotopic (exact) mass is 388 g/mol. The van der Waals surface area contributed by atoms with Crippen molar-refractivity contribution in [3.05, 3.63) is 53.9 Å². The molecule has 2 aliphatic rings. The topological polar surface area (TPSA) is 75.5 Å². The summed E-state index contributed by atoms with van der Waals surface area (Å²) in [6.45, 7) is 3.30. The van der Waals surface area contributed by atoms with Crippen LogP contribution in [0.3, 0.4) is 0 Å². The third-order valence-electron chi connectivity index (χ3n) is 5.37. The molecule has 27 heavy (non-hydrogen) atoms. The zero-order valence-electron chi connectivity index (χ0n) is 15.2. The van der Waals surface area contributed by atoms with Crippen molar-refractivity contribution in [2.75, 3.05) is 37.7 Å². The summed E-state index contributed by atoms with van der Waals surface area (Å²) < 4.78 is 25.1. The maximum absolute atomic E-state index is 12.7. The van der Waals surface area contributed by atoms with Crippen molar-refractivity contribution in [3.63, 3.8) is 0 Å². The lowest BCUT2D eigenvalue weighted by Gasteiger charge is -2.37. The minimum Gasteiger partial charge on any atom is -0.335 e. The van der Waals surface area contributed by atoms with E-state index >= 15 is 0 Å². The Morgan fingerprint density at radius 2 is 1.81 bits per heavy atom. The van der Waals surface area contributed by atoms with Gasteiger partial charge in [-0.05, 0) is 18.1 Å². The third-order valence-corrected chi connectivity index (χ3v) is 7.12. The van der Waals surface area contributed by atoms with Crippen LogP contribution in [-0.2, 0) is 16.4 Å². The molecule has 1 atom stereocenters. The molecule has 0 radical (unpaired) electrons. The summed E-state index contributed by atoms with van der Waals surface area (Å²) in [7, 11) is -2.88. The average Bonchev–Trinajstić information content (AvgIpc) is 3.28. The standard InChI is InChI=1S/C19H24N4O3S/c24-19(18-6-8-23(20-18)14-16-4-2-1-3-5-16)22-11-9-21(10-12-22)17-7-13-27(25,26)15-17/h1-6,8,17H,7,9-15H2. The molecule has 2 aliphatic heterocycles. The highest BCUT2D eigenvalue weighted by atomic mass is 32.2. The van der Waals surface area contributed by atoms with E-state index in [0.29, 0.717) is 31.7 Å². The Bertz CT molecular complexity index is 902. The number of carbonyl (C=O) groups is 1. The summed E-state index contributed by atoms with van der Waals surface area (Å²) in [5.74, 6) is 0.487. The largest absolute Gasteiger partial charge is 0.335 e. The van der Waals surface area contributed by atoms with Crippen LogP contribution < -0.4 is 0 Å². The van der Waals surface area contributed by atoms with Gasteiger partial charge in [-0.1, -0.05) is 30.3 Å². The van der Waals surface area contributed by atoms with Crippen LogP contribution in [0, 0.1) is 0 Å². The van der Waals surface area contributed by atoms with Gasteiger partial charge in [0.25, 0.3) is 5.91 Å². The van der Waals surface area contributed by atoms with E-state index in [-0.39, 0.29) is 23.5 Å². The number of hydrogen-bond donors (Lipinski definition) is 0. The van der Waals surface area contributed by atoms with E-state index in [2.05, 4.69) is 10.00 Å². The zero-order chi connectivity index (χ0) is 18.9. The predicted octanol–water partition coefficient (Wildman–Crippen LogP) is 0.876. The summed E-state index contributed by atoms with van der Waals surface area (Å²) in [5, 5.41) is 4.43. The molecule has 1 aromatic carbocycles. The smallest absolute Gasteiger partial charge is 0.274 e. The van der Waals surface area contributed by atoms with Crippen LogP contribution in [-0.4, -0.2) is 77.6 Å². The Balaban J connectivity index is 1.33. The first-order valence-electron chi connectivity index (χ1n) is 9.31.